The highest BCUT2D eigenvalue weighted by Crippen LogP contribution is 2.14. The Labute approximate surface area is 194 Å². The Morgan fingerprint density at radius 3 is 1.68 bits per heavy atom. The van der Waals surface area contributed by atoms with Gasteiger partial charge in [-0.2, -0.15) is 0 Å². The molecule has 0 aliphatic carbocycles. The Morgan fingerprint density at radius 1 is 0.806 bits per heavy atom. The Kier molecular flexibility index (Phi) is 14.9. The summed E-state index contributed by atoms with van der Waals surface area (Å²) in [7, 11) is 3.46. The number of nitrogens with one attached hydrogen (secondary N) is 1. The first-order valence-corrected chi connectivity index (χ1v) is 12.1. The first-order valence-electron chi connectivity index (χ1n) is 11.3. The minimum absolute atomic E-state index is 0.296. The van der Waals surface area contributed by atoms with E-state index in [0.717, 1.165) is 30.8 Å². The predicted octanol–water partition coefficient (Wildman–Crippen LogP) is 4.14. The Morgan fingerprint density at radius 2 is 1.26 bits per heavy atom. The molecule has 0 saturated carbocycles. The number of alkyl halides is 1. The number of benzene rings is 2. The molecule has 2 aromatic carbocycles. The maximum Gasteiger partial charge on any atom is 0.119 e. The van der Waals surface area contributed by atoms with E-state index < -0.39 is 0 Å². The molecule has 0 aliphatic heterocycles. The maximum atomic E-state index is 5.95. The minimum atomic E-state index is 0.296. The molecule has 1 unspecified atom stereocenters. The third-order valence-corrected chi connectivity index (χ3v) is 5.45. The summed E-state index contributed by atoms with van der Waals surface area (Å²) in [4.78, 5) is 1.69. The third-order valence-electron chi connectivity index (χ3n) is 5.45. The molecule has 0 fully saturated rings. The van der Waals surface area contributed by atoms with Crippen molar-refractivity contribution in [2.45, 2.75) is 51.5 Å². The fourth-order valence-corrected chi connectivity index (χ4v) is 3.79. The van der Waals surface area contributed by atoms with E-state index >= 15 is 0 Å². The van der Waals surface area contributed by atoms with Crippen molar-refractivity contribution < 1.29 is 14.4 Å². The van der Waals surface area contributed by atoms with Gasteiger partial charge in [0.1, 0.15) is 11.5 Å². The quantitative estimate of drug-likeness (QED) is 0.426. The molecule has 174 valence electrons. The van der Waals surface area contributed by atoms with Gasteiger partial charge < -0.3 is 20.1 Å². The second-order valence-corrected chi connectivity index (χ2v) is 8.03. The number of halogens is 1. The van der Waals surface area contributed by atoms with Gasteiger partial charge in [-0.25, -0.2) is 0 Å². The second kappa shape index (κ2) is 16.9. The van der Waals surface area contributed by atoms with Crippen LogP contribution in [0.2, 0.25) is 0 Å². The molecular formula is C26H42ClN2O2+. The van der Waals surface area contributed by atoms with Gasteiger partial charge in [-0.05, 0) is 68.0 Å². The SMILES string of the molecule is CCl.COc1cccc(CCC[NH+](CCCc2cccc(OC)c2)CCCC(C)N)c1. The highest BCUT2D eigenvalue weighted by Gasteiger charge is 2.10. The molecule has 0 bridgehead atoms. The molecular weight excluding hydrogens is 408 g/mol. The van der Waals surface area contributed by atoms with Crippen LogP contribution in [0.1, 0.15) is 43.7 Å². The predicted molar refractivity (Wildman–Crippen MR) is 133 cm³/mol. The van der Waals surface area contributed by atoms with Crippen LogP contribution in [0.3, 0.4) is 0 Å². The van der Waals surface area contributed by atoms with Gasteiger partial charge in [0, 0.05) is 25.3 Å². The molecule has 4 nitrogen and oxygen atoms in total. The Balaban J connectivity index is 0.00000233. The van der Waals surface area contributed by atoms with E-state index in [1.54, 1.807) is 19.1 Å². The lowest BCUT2D eigenvalue weighted by molar-refractivity contribution is -0.900. The van der Waals surface area contributed by atoms with Crippen molar-refractivity contribution in [1.29, 1.82) is 0 Å². The zero-order chi connectivity index (χ0) is 22.9. The third kappa shape index (κ3) is 12.0. The average Bonchev–Trinajstić information content (AvgIpc) is 2.80. The molecule has 0 saturated heterocycles. The summed E-state index contributed by atoms with van der Waals surface area (Å²) in [6.45, 7) is 5.71. The van der Waals surface area contributed by atoms with Crippen molar-refractivity contribution in [3.05, 3.63) is 59.7 Å². The summed E-state index contributed by atoms with van der Waals surface area (Å²) in [5.41, 5.74) is 8.67. The van der Waals surface area contributed by atoms with Crippen molar-refractivity contribution in [3.63, 3.8) is 0 Å². The van der Waals surface area contributed by atoms with Crippen LogP contribution >= 0.6 is 11.6 Å². The number of nitrogens with two attached hydrogens (primary N) is 1. The zero-order valence-electron chi connectivity index (χ0n) is 19.8. The van der Waals surface area contributed by atoms with Gasteiger partial charge in [0.25, 0.3) is 0 Å². The van der Waals surface area contributed by atoms with Crippen LogP contribution in [0.4, 0.5) is 0 Å². The fourth-order valence-electron chi connectivity index (χ4n) is 3.79. The molecule has 1 atom stereocenters. The summed E-state index contributed by atoms with van der Waals surface area (Å²) in [6, 6.07) is 17.2. The summed E-state index contributed by atoms with van der Waals surface area (Å²) >= 11 is 4.64. The molecule has 3 N–H and O–H groups in total. The lowest BCUT2D eigenvalue weighted by Crippen LogP contribution is -3.12. The average molecular weight is 450 g/mol. The maximum absolute atomic E-state index is 5.95. The second-order valence-electron chi connectivity index (χ2n) is 8.03. The summed E-state index contributed by atoms with van der Waals surface area (Å²) in [5.74, 6) is 1.89. The molecule has 0 heterocycles. The van der Waals surface area contributed by atoms with Crippen LogP contribution in [-0.2, 0) is 12.8 Å². The molecule has 31 heavy (non-hydrogen) atoms. The van der Waals surface area contributed by atoms with Crippen molar-refractivity contribution in [1.82, 2.24) is 0 Å². The van der Waals surface area contributed by atoms with Crippen LogP contribution in [0.15, 0.2) is 48.5 Å². The zero-order valence-corrected chi connectivity index (χ0v) is 20.6. The van der Waals surface area contributed by atoms with Gasteiger partial charge in [-0.15, -0.1) is 11.6 Å². The molecule has 2 rings (SSSR count). The van der Waals surface area contributed by atoms with E-state index in [4.69, 9.17) is 15.2 Å². The Hall–Kier alpha value is -1.75. The van der Waals surface area contributed by atoms with E-state index in [1.165, 1.54) is 56.4 Å². The number of ether oxygens (including phenoxy) is 2. The number of hydrogen-bond donors (Lipinski definition) is 2. The number of methoxy groups -OCH3 is 2. The fraction of sp³-hybridized carbons (Fsp3) is 0.538. The number of aryl methyl sites for hydroxylation is 2. The van der Waals surface area contributed by atoms with E-state index in [-0.39, 0.29) is 0 Å². The number of quaternary nitrogens is 1. The van der Waals surface area contributed by atoms with E-state index in [9.17, 15) is 0 Å². The van der Waals surface area contributed by atoms with Crippen molar-refractivity contribution >= 4 is 11.6 Å². The number of rotatable bonds is 14. The topological polar surface area (TPSA) is 48.9 Å². The van der Waals surface area contributed by atoms with Gasteiger partial charge in [0.15, 0.2) is 0 Å². The largest absolute Gasteiger partial charge is 0.497 e. The van der Waals surface area contributed by atoms with Crippen molar-refractivity contribution in [2.75, 3.05) is 40.2 Å². The highest BCUT2D eigenvalue weighted by molar-refractivity contribution is 6.15. The Bertz CT molecular complexity index is 656. The standard InChI is InChI=1S/C25H38N2O2.CH3Cl/c1-21(26)9-6-16-27(17-7-12-22-10-4-14-24(19-22)28-2)18-8-13-23-11-5-15-25(20-23)29-3;1-2/h4-5,10-11,14-15,19-21H,6-9,12-13,16-18,26H2,1-3H3;1H3/p+1. The van der Waals surface area contributed by atoms with Gasteiger partial charge in [-0.1, -0.05) is 24.3 Å². The molecule has 0 aliphatic rings. The first kappa shape index (κ1) is 27.3. The molecule has 0 spiro atoms. The monoisotopic (exact) mass is 449 g/mol. The van der Waals surface area contributed by atoms with Gasteiger partial charge >= 0.3 is 0 Å². The lowest BCUT2D eigenvalue weighted by atomic mass is 10.1. The normalized spacial score (nSPS) is 11.6. The van der Waals surface area contributed by atoms with E-state index in [1.807, 2.05) is 12.1 Å². The van der Waals surface area contributed by atoms with Gasteiger partial charge in [0.05, 0.1) is 33.9 Å². The van der Waals surface area contributed by atoms with Crippen LogP contribution in [0.25, 0.3) is 0 Å². The summed E-state index contributed by atoms with van der Waals surface area (Å²) in [5, 5.41) is 0. The molecule has 5 heteroatoms. The van der Waals surface area contributed by atoms with Gasteiger partial charge in [0.2, 0.25) is 0 Å². The lowest BCUT2D eigenvalue weighted by Gasteiger charge is -2.20. The minimum Gasteiger partial charge on any atom is -0.497 e. The number of hydrogen-bond acceptors (Lipinski definition) is 3. The van der Waals surface area contributed by atoms with Crippen molar-refractivity contribution in [2.24, 2.45) is 5.73 Å². The molecule has 2 aromatic rings. The molecule has 0 radical (unpaired) electrons. The molecule has 0 aromatic heterocycles. The smallest absolute Gasteiger partial charge is 0.119 e. The first-order chi connectivity index (χ1) is 15.1. The summed E-state index contributed by atoms with van der Waals surface area (Å²) < 4.78 is 10.7. The highest BCUT2D eigenvalue weighted by atomic mass is 35.5. The molecule has 0 amide bonds. The van der Waals surface area contributed by atoms with Crippen LogP contribution < -0.4 is 20.1 Å². The van der Waals surface area contributed by atoms with Crippen LogP contribution in [-0.4, -0.2) is 46.3 Å². The van der Waals surface area contributed by atoms with Crippen LogP contribution in [0.5, 0.6) is 11.5 Å². The summed E-state index contributed by atoms with van der Waals surface area (Å²) in [6.07, 6.45) is 8.37. The van der Waals surface area contributed by atoms with E-state index in [2.05, 4.69) is 54.9 Å². The van der Waals surface area contributed by atoms with E-state index in [0.29, 0.717) is 6.04 Å². The van der Waals surface area contributed by atoms with Gasteiger partial charge in [-0.3, -0.25) is 0 Å². The van der Waals surface area contributed by atoms with Crippen molar-refractivity contribution in [3.8, 4) is 11.5 Å². The van der Waals surface area contributed by atoms with Crippen LogP contribution in [0, 0.1) is 0 Å².